The second-order valence-electron chi connectivity index (χ2n) is 6.44. The Morgan fingerprint density at radius 2 is 2.30 bits per heavy atom. The molecule has 2 fully saturated rings. The van der Waals surface area contributed by atoms with E-state index in [-0.39, 0.29) is 16.6 Å². The topological polar surface area (TPSA) is 51.7 Å². The van der Waals surface area contributed by atoms with Gasteiger partial charge in [-0.25, -0.2) is 9.78 Å². The Morgan fingerprint density at radius 3 is 2.87 bits per heavy atom. The molecule has 126 valence electrons. The fraction of sp³-hybridized carbons (Fsp3) is 0.647. The van der Waals surface area contributed by atoms with E-state index in [1.807, 2.05) is 6.07 Å². The number of nitrogens with zero attached hydrogens (tertiary/aromatic N) is 2. The molecule has 2 aliphatic rings. The molecule has 1 aromatic heterocycles. The summed E-state index contributed by atoms with van der Waals surface area (Å²) in [6.45, 7) is 6.39. The lowest BCUT2D eigenvalue weighted by atomic mass is 9.90. The number of esters is 1. The molecule has 1 saturated carbocycles. The van der Waals surface area contributed by atoms with E-state index >= 15 is 0 Å². The van der Waals surface area contributed by atoms with Gasteiger partial charge in [0.15, 0.2) is 0 Å². The number of hydrogen-bond acceptors (Lipinski definition) is 5. The summed E-state index contributed by atoms with van der Waals surface area (Å²) < 4.78 is 10.4. The van der Waals surface area contributed by atoms with E-state index in [4.69, 9.17) is 21.1 Å². The molecule has 0 radical (unpaired) electrons. The van der Waals surface area contributed by atoms with Gasteiger partial charge in [0.2, 0.25) is 0 Å². The molecule has 5 nitrogen and oxygen atoms in total. The predicted octanol–water partition coefficient (Wildman–Crippen LogP) is 3.19. The summed E-state index contributed by atoms with van der Waals surface area (Å²) in [5.41, 5.74) is 1.46. The maximum Gasteiger partial charge on any atom is 0.341 e. The molecule has 3 rings (SSSR count). The van der Waals surface area contributed by atoms with Crippen LogP contribution in [0.25, 0.3) is 0 Å². The first-order valence-electron chi connectivity index (χ1n) is 8.16. The fourth-order valence-corrected chi connectivity index (χ4v) is 3.66. The SMILES string of the molecule is CCC1(c2cc(N3CCOC[C@H]3C)nc(Cl)c2C(=O)OC)CC1. The summed E-state index contributed by atoms with van der Waals surface area (Å²) in [6.07, 6.45) is 3.13. The molecule has 1 aliphatic heterocycles. The smallest absolute Gasteiger partial charge is 0.341 e. The van der Waals surface area contributed by atoms with E-state index in [2.05, 4.69) is 23.7 Å². The Bertz CT molecular complexity index is 616. The van der Waals surface area contributed by atoms with Gasteiger partial charge in [0.05, 0.1) is 26.4 Å². The molecule has 23 heavy (non-hydrogen) atoms. The van der Waals surface area contributed by atoms with Crippen molar-refractivity contribution < 1.29 is 14.3 Å². The number of ether oxygens (including phenoxy) is 2. The molecule has 0 aromatic carbocycles. The Balaban J connectivity index is 2.08. The zero-order valence-corrected chi connectivity index (χ0v) is 14.7. The second kappa shape index (κ2) is 6.29. The van der Waals surface area contributed by atoms with Crippen LogP contribution < -0.4 is 4.90 Å². The number of anilines is 1. The van der Waals surface area contributed by atoms with Crippen molar-refractivity contribution in [1.82, 2.24) is 4.98 Å². The second-order valence-corrected chi connectivity index (χ2v) is 6.79. The predicted molar refractivity (Wildman–Crippen MR) is 89.4 cm³/mol. The van der Waals surface area contributed by atoms with Gasteiger partial charge < -0.3 is 14.4 Å². The van der Waals surface area contributed by atoms with Crippen LogP contribution >= 0.6 is 11.6 Å². The average Bonchev–Trinajstić information content (AvgIpc) is 3.35. The maximum atomic E-state index is 12.2. The third kappa shape index (κ3) is 2.92. The number of aromatic nitrogens is 1. The normalized spacial score (nSPS) is 22.8. The molecule has 0 amide bonds. The van der Waals surface area contributed by atoms with Crippen molar-refractivity contribution in [2.45, 2.75) is 44.6 Å². The van der Waals surface area contributed by atoms with E-state index in [1.165, 1.54) is 7.11 Å². The molecule has 1 atom stereocenters. The maximum absolute atomic E-state index is 12.2. The summed E-state index contributed by atoms with van der Waals surface area (Å²) in [5.74, 6) is 0.423. The van der Waals surface area contributed by atoms with Gasteiger partial charge in [-0.2, -0.15) is 0 Å². The van der Waals surface area contributed by atoms with Crippen LogP contribution in [0.3, 0.4) is 0 Å². The van der Waals surface area contributed by atoms with Crippen LogP contribution in [0.2, 0.25) is 5.15 Å². The number of pyridine rings is 1. The Morgan fingerprint density at radius 1 is 1.57 bits per heavy atom. The highest BCUT2D eigenvalue weighted by Gasteiger charge is 2.46. The fourth-order valence-electron chi connectivity index (χ4n) is 3.39. The summed E-state index contributed by atoms with van der Waals surface area (Å²) in [6, 6.07) is 2.28. The molecule has 0 bridgehead atoms. The summed E-state index contributed by atoms with van der Waals surface area (Å²) >= 11 is 6.40. The van der Waals surface area contributed by atoms with Crippen LogP contribution in [0, 0.1) is 0 Å². The molecular weight excluding hydrogens is 316 g/mol. The molecule has 6 heteroatoms. The number of halogens is 1. The van der Waals surface area contributed by atoms with Crippen LogP contribution in [0.4, 0.5) is 5.82 Å². The lowest BCUT2D eigenvalue weighted by molar-refractivity contribution is 0.0598. The monoisotopic (exact) mass is 338 g/mol. The molecule has 2 heterocycles. The summed E-state index contributed by atoms with van der Waals surface area (Å²) in [5, 5.41) is 0.239. The molecular formula is C17H23ClN2O3. The molecule has 0 spiro atoms. The first kappa shape index (κ1) is 16.5. The average molecular weight is 339 g/mol. The first-order valence-corrected chi connectivity index (χ1v) is 8.54. The highest BCUT2D eigenvalue weighted by molar-refractivity contribution is 6.32. The van der Waals surface area contributed by atoms with Crippen molar-refractivity contribution in [2.75, 3.05) is 31.8 Å². The van der Waals surface area contributed by atoms with Gasteiger partial charge in [-0.3, -0.25) is 0 Å². The third-order valence-corrected chi connectivity index (χ3v) is 5.39. The number of carbonyl (C=O) groups excluding carboxylic acids is 1. The van der Waals surface area contributed by atoms with Crippen molar-refractivity contribution in [1.29, 1.82) is 0 Å². The third-order valence-electron chi connectivity index (χ3n) is 5.11. The summed E-state index contributed by atoms with van der Waals surface area (Å²) in [7, 11) is 1.38. The van der Waals surface area contributed by atoms with E-state index in [0.29, 0.717) is 18.8 Å². The number of carbonyl (C=O) groups is 1. The van der Waals surface area contributed by atoms with Gasteiger partial charge >= 0.3 is 5.97 Å². The van der Waals surface area contributed by atoms with Crippen molar-refractivity contribution in [3.63, 3.8) is 0 Å². The first-order chi connectivity index (χ1) is 11.0. The van der Waals surface area contributed by atoms with Gasteiger partial charge in [-0.1, -0.05) is 18.5 Å². The molecule has 1 aromatic rings. The number of rotatable bonds is 4. The lowest BCUT2D eigenvalue weighted by Gasteiger charge is -2.35. The lowest BCUT2D eigenvalue weighted by Crippen LogP contribution is -2.44. The minimum absolute atomic E-state index is 0.0420. The summed E-state index contributed by atoms with van der Waals surface area (Å²) in [4.78, 5) is 18.9. The van der Waals surface area contributed by atoms with Gasteiger partial charge in [-0.15, -0.1) is 0 Å². The van der Waals surface area contributed by atoms with E-state index in [1.54, 1.807) is 0 Å². The molecule has 1 saturated heterocycles. The van der Waals surface area contributed by atoms with Gasteiger partial charge in [0.25, 0.3) is 0 Å². The number of methoxy groups -OCH3 is 1. The van der Waals surface area contributed by atoms with Gasteiger partial charge in [0, 0.05) is 6.54 Å². The Kier molecular flexibility index (Phi) is 4.52. The zero-order valence-electron chi connectivity index (χ0n) is 13.9. The van der Waals surface area contributed by atoms with Crippen molar-refractivity contribution in [3.8, 4) is 0 Å². The number of hydrogen-bond donors (Lipinski definition) is 0. The van der Waals surface area contributed by atoms with Crippen LogP contribution in [0.15, 0.2) is 6.07 Å². The van der Waals surface area contributed by atoms with E-state index < -0.39 is 5.97 Å². The van der Waals surface area contributed by atoms with Gasteiger partial charge in [-0.05, 0) is 43.2 Å². The van der Waals surface area contributed by atoms with Crippen molar-refractivity contribution in [2.24, 2.45) is 0 Å². The van der Waals surface area contributed by atoms with Crippen LogP contribution in [-0.2, 0) is 14.9 Å². The molecule has 1 aliphatic carbocycles. The highest BCUT2D eigenvalue weighted by atomic mass is 35.5. The van der Waals surface area contributed by atoms with Crippen molar-refractivity contribution in [3.05, 3.63) is 22.3 Å². The highest BCUT2D eigenvalue weighted by Crippen LogP contribution is 2.53. The zero-order chi connectivity index (χ0) is 16.6. The van der Waals surface area contributed by atoms with Crippen LogP contribution in [0.5, 0.6) is 0 Å². The minimum atomic E-state index is -0.404. The van der Waals surface area contributed by atoms with Crippen molar-refractivity contribution >= 4 is 23.4 Å². The van der Waals surface area contributed by atoms with E-state index in [0.717, 1.165) is 37.2 Å². The molecule has 0 unspecified atom stereocenters. The Labute approximate surface area is 141 Å². The van der Waals surface area contributed by atoms with E-state index in [9.17, 15) is 4.79 Å². The van der Waals surface area contributed by atoms with Crippen LogP contribution in [0.1, 0.15) is 49.0 Å². The standard InChI is InChI=1S/C17H23ClN2O3/c1-4-17(5-6-17)12-9-13(20-7-8-23-10-11(20)2)19-15(18)14(12)16(21)22-3/h9,11H,4-8,10H2,1-3H3/t11-/m1/s1. The number of morpholine rings is 1. The molecule has 0 N–H and O–H groups in total. The largest absolute Gasteiger partial charge is 0.465 e. The quantitative estimate of drug-likeness (QED) is 0.623. The Hall–Kier alpha value is -1.33. The van der Waals surface area contributed by atoms with Gasteiger partial charge in [0.1, 0.15) is 16.5 Å². The van der Waals surface area contributed by atoms with Crippen LogP contribution in [-0.4, -0.2) is 43.9 Å². The minimum Gasteiger partial charge on any atom is -0.465 e.